The first-order chi connectivity index (χ1) is 5.00. The highest BCUT2D eigenvalue weighted by atomic mass is 32.2. The normalized spacial score (nSPS) is 18.3. The first-order valence-electron chi connectivity index (χ1n) is 2.73. The van der Waals surface area contributed by atoms with Gasteiger partial charge in [0.1, 0.15) is 6.54 Å². The second-order valence-electron chi connectivity index (χ2n) is 1.93. The monoisotopic (exact) mass is 175 g/mol. The fourth-order valence-electron chi connectivity index (χ4n) is 0.593. The van der Waals surface area contributed by atoms with Gasteiger partial charge in [0, 0.05) is 0 Å². The largest absolute Gasteiger partial charge is 0.311 e. The zero-order valence-corrected chi connectivity index (χ0v) is 6.21. The summed E-state index contributed by atoms with van der Waals surface area (Å²) in [7, 11) is -4.24. The molecular formula is C5H5NO4S. The van der Waals surface area contributed by atoms with Gasteiger partial charge in [-0.15, -0.1) is 0 Å². The van der Waals surface area contributed by atoms with Crippen LogP contribution in [0.2, 0.25) is 0 Å². The van der Waals surface area contributed by atoms with E-state index in [-0.39, 0.29) is 12.3 Å². The Hall–Kier alpha value is -1.01. The third-order valence-corrected chi connectivity index (χ3v) is 1.86. The van der Waals surface area contributed by atoms with E-state index in [1.54, 1.807) is 0 Å². The van der Waals surface area contributed by atoms with Crippen LogP contribution in [0.3, 0.4) is 0 Å². The first kappa shape index (κ1) is 8.09. The molecule has 0 aromatic carbocycles. The first-order valence-corrected chi connectivity index (χ1v) is 4.17. The van der Waals surface area contributed by atoms with Gasteiger partial charge >= 0.3 is 10.1 Å². The number of nitrogens with zero attached hydrogens (tertiary/aromatic N) is 1. The number of ketones is 1. The lowest BCUT2D eigenvalue weighted by Gasteiger charge is -2.00. The minimum Gasteiger partial charge on any atom is -0.293 e. The number of dihydropyridines is 1. The molecule has 1 aliphatic heterocycles. The minimum atomic E-state index is -4.24. The van der Waals surface area contributed by atoms with Crippen LogP contribution in [0.1, 0.15) is 0 Å². The van der Waals surface area contributed by atoms with E-state index in [1.165, 1.54) is 0 Å². The lowest BCUT2D eigenvalue weighted by Crippen LogP contribution is -2.17. The van der Waals surface area contributed by atoms with E-state index in [9.17, 15) is 13.2 Å². The SMILES string of the molecule is O=C1C=CC(S(=O)(=O)O)=NC1. The Balaban J connectivity index is 2.97. The summed E-state index contributed by atoms with van der Waals surface area (Å²) in [6.07, 6.45) is 2.04. The topological polar surface area (TPSA) is 83.8 Å². The molecule has 0 aromatic heterocycles. The van der Waals surface area contributed by atoms with Gasteiger partial charge in [-0.2, -0.15) is 8.42 Å². The smallest absolute Gasteiger partial charge is 0.293 e. The Labute approximate surface area is 63.2 Å². The summed E-state index contributed by atoms with van der Waals surface area (Å²) < 4.78 is 29.1. The quantitative estimate of drug-likeness (QED) is 0.499. The van der Waals surface area contributed by atoms with Crippen molar-refractivity contribution >= 4 is 20.9 Å². The number of aliphatic imine (C=N–C) groups is 1. The summed E-state index contributed by atoms with van der Waals surface area (Å²) in [4.78, 5) is 13.8. The molecule has 1 heterocycles. The molecule has 1 rings (SSSR count). The molecule has 0 spiro atoms. The molecule has 0 radical (unpaired) electrons. The summed E-state index contributed by atoms with van der Waals surface area (Å²) in [5.74, 6) is -0.280. The van der Waals surface area contributed by atoms with Crippen LogP contribution in [0.25, 0.3) is 0 Å². The third kappa shape index (κ3) is 1.95. The van der Waals surface area contributed by atoms with Crippen molar-refractivity contribution in [3.05, 3.63) is 12.2 Å². The lowest BCUT2D eigenvalue weighted by molar-refractivity contribution is -0.113. The van der Waals surface area contributed by atoms with Crippen molar-refractivity contribution in [1.82, 2.24) is 0 Å². The van der Waals surface area contributed by atoms with Crippen LogP contribution in [-0.4, -0.2) is 30.3 Å². The molecule has 0 aliphatic carbocycles. The third-order valence-electron chi connectivity index (χ3n) is 1.07. The lowest BCUT2D eigenvalue weighted by atomic mass is 10.3. The Bertz CT molecular complexity index is 337. The number of hydrogen-bond donors (Lipinski definition) is 1. The van der Waals surface area contributed by atoms with Gasteiger partial charge in [-0.25, -0.2) is 0 Å². The van der Waals surface area contributed by atoms with Crippen molar-refractivity contribution in [2.24, 2.45) is 4.99 Å². The van der Waals surface area contributed by atoms with Crippen molar-refractivity contribution in [1.29, 1.82) is 0 Å². The standard InChI is InChI=1S/C5H5NO4S/c7-4-1-2-5(6-3-4)11(8,9)10/h1-2H,3H2,(H,8,9,10). The molecule has 0 saturated heterocycles. The Morgan fingerprint density at radius 2 is 2.09 bits per heavy atom. The van der Waals surface area contributed by atoms with Gasteiger partial charge in [-0.1, -0.05) is 0 Å². The van der Waals surface area contributed by atoms with Crippen LogP contribution in [0, 0.1) is 0 Å². The van der Waals surface area contributed by atoms with Gasteiger partial charge in [-0.05, 0) is 12.2 Å². The summed E-state index contributed by atoms with van der Waals surface area (Å²) in [5.41, 5.74) is 0. The summed E-state index contributed by atoms with van der Waals surface area (Å²) >= 11 is 0. The van der Waals surface area contributed by atoms with Crippen LogP contribution >= 0.6 is 0 Å². The molecule has 1 N–H and O–H groups in total. The van der Waals surface area contributed by atoms with E-state index in [1.807, 2.05) is 0 Å². The minimum absolute atomic E-state index is 0.217. The predicted molar refractivity (Wildman–Crippen MR) is 38.0 cm³/mol. The van der Waals surface area contributed by atoms with E-state index in [0.29, 0.717) is 0 Å². The molecule has 6 heteroatoms. The average molecular weight is 175 g/mol. The molecule has 60 valence electrons. The Kier molecular flexibility index (Phi) is 1.88. The van der Waals surface area contributed by atoms with Crippen LogP contribution in [0.15, 0.2) is 17.1 Å². The molecule has 0 aromatic rings. The maximum atomic E-state index is 10.5. The molecule has 0 unspecified atom stereocenters. The number of hydrogen-bond acceptors (Lipinski definition) is 4. The molecular weight excluding hydrogens is 170 g/mol. The molecule has 11 heavy (non-hydrogen) atoms. The highest BCUT2D eigenvalue weighted by Crippen LogP contribution is 1.98. The maximum absolute atomic E-state index is 10.5. The molecule has 5 nitrogen and oxygen atoms in total. The van der Waals surface area contributed by atoms with E-state index in [4.69, 9.17) is 4.55 Å². The number of carbonyl (C=O) groups excluding carboxylic acids is 1. The van der Waals surface area contributed by atoms with Crippen molar-refractivity contribution in [3.8, 4) is 0 Å². The van der Waals surface area contributed by atoms with E-state index >= 15 is 0 Å². The van der Waals surface area contributed by atoms with Crippen molar-refractivity contribution in [2.75, 3.05) is 6.54 Å². The van der Waals surface area contributed by atoms with Crippen molar-refractivity contribution in [3.63, 3.8) is 0 Å². The van der Waals surface area contributed by atoms with Crippen LogP contribution < -0.4 is 0 Å². The molecule has 0 amide bonds. The van der Waals surface area contributed by atoms with Gasteiger partial charge in [0.25, 0.3) is 0 Å². The number of carbonyl (C=O) groups is 1. The Morgan fingerprint density at radius 3 is 2.45 bits per heavy atom. The van der Waals surface area contributed by atoms with E-state index < -0.39 is 15.2 Å². The predicted octanol–water partition coefficient (Wildman–Crippen LogP) is -0.588. The van der Waals surface area contributed by atoms with Gasteiger partial charge in [-0.3, -0.25) is 14.3 Å². The van der Waals surface area contributed by atoms with Crippen LogP contribution in [0.5, 0.6) is 0 Å². The molecule has 0 saturated carbocycles. The van der Waals surface area contributed by atoms with Gasteiger partial charge in [0.2, 0.25) is 0 Å². The van der Waals surface area contributed by atoms with Crippen LogP contribution in [-0.2, 0) is 14.9 Å². The van der Waals surface area contributed by atoms with Crippen molar-refractivity contribution < 1.29 is 17.8 Å². The van der Waals surface area contributed by atoms with E-state index in [2.05, 4.69) is 4.99 Å². The average Bonchev–Trinajstić information content (AvgIpc) is 1.86. The molecule has 1 aliphatic rings. The number of rotatable bonds is 0. The Morgan fingerprint density at radius 1 is 1.45 bits per heavy atom. The summed E-state index contributed by atoms with van der Waals surface area (Å²) in [6, 6.07) is 0. The highest BCUT2D eigenvalue weighted by molar-refractivity contribution is 8.02. The van der Waals surface area contributed by atoms with Gasteiger partial charge in [0.05, 0.1) is 0 Å². The van der Waals surface area contributed by atoms with Crippen molar-refractivity contribution in [2.45, 2.75) is 0 Å². The van der Waals surface area contributed by atoms with Crippen LogP contribution in [0.4, 0.5) is 0 Å². The van der Waals surface area contributed by atoms with E-state index in [0.717, 1.165) is 12.2 Å². The van der Waals surface area contributed by atoms with Gasteiger partial charge in [0.15, 0.2) is 10.8 Å². The second-order valence-corrected chi connectivity index (χ2v) is 3.30. The molecule has 0 fully saturated rings. The maximum Gasteiger partial charge on any atom is 0.311 e. The zero-order chi connectivity index (χ0) is 8.48. The molecule has 0 bridgehead atoms. The fraction of sp³-hybridized carbons (Fsp3) is 0.200. The highest BCUT2D eigenvalue weighted by Gasteiger charge is 2.15. The molecule has 0 atom stereocenters. The second kappa shape index (κ2) is 2.55. The summed E-state index contributed by atoms with van der Waals surface area (Å²) in [5, 5.41) is -0.461. The van der Waals surface area contributed by atoms with Gasteiger partial charge < -0.3 is 0 Å². The fourth-order valence-corrected chi connectivity index (χ4v) is 1.06. The zero-order valence-electron chi connectivity index (χ0n) is 5.39. The summed E-state index contributed by atoms with van der Waals surface area (Å²) in [6.45, 7) is -0.217.